The van der Waals surface area contributed by atoms with E-state index in [1.54, 1.807) is 0 Å². The second-order valence-corrected chi connectivity index (χ2v) is 6.50. The average Bonchev–Trinajstić information content (AvgIpc) is 2.53. The summed E-state index contributed by atoms with van der Waals surface area (Å²) in [5.74, 6) is 0.597. The summed E-state index contributed by atoms with van der Waals surface area (Å²) in [5, 5.41) is 13.3. The van der Waals surface area contributed by atoms with E-state index in [9.17, 15) is 5.11 Å². The van der Waals surface area contributed by atoms with Gasteiger partial charge in [0.15, 0.2) is 0 Å². The zero-order chi connectivity index (χ0) is 14.3. The molecular weight excluding hydrogens is 246 g/mol. The van der Waals surface area contributed by atoms with Crippen LogP contribution in [0.15, 0.2) is 30.3 Å². The van der Waals surface area contributed by atoms with Crippen molar-refractivity contribution in [2.45, 2.75) is 51.4 Å². The SMILES string of the molecule is CC(CCNCC1(CO)CCCCC1)c1ccccc1. The van der Waals surface area contributed by atoms with Crippen LogP contribution in [-0.2, 0) is 0 Å². The van der Waals surface area contributed by atoms with Crippen LogP contribution in [0.2, 0.25) is 0 Å². The van der Waals surface area contributed by atoms with Gasteiger partial charge in [-0.1, -0.05) is 56.5 Å². The third kappa shape index (κ3) is 4.32. The van der Waals surface area contributed by atoms with Gasteiger partial charge < -0.3 is 10.4 Å². The predicted molar refractivity (Wildman–Crippen MR) is 84.9 cm³/mol. The highest BCUT2D eigenvalue weighted by Gasteiger charge is 2.30. The van der Waals surface area contributed by atoms with Gasteiger partial charge in [0.2, 0.25) is 0 Å². The van der Waals surface area contributed by atoms with Crippen LogP contribution in [-0.4, -0.2) is 24.8 Å². The number of benzene rings is 1. The zero-order valence-electron chi connectivity index (χ0n) is 12.8. The van der Waals surface area contributed by atoms with Crippen molar-refractivity contribution >= 4 is 0 Å². The molecule has 1 aromatic rings. The summed E-state index contributed by atoms with van der Waals surface area (Å²) in [6.07, 6.45) is 7.43. The molecule has 0 aliphatic heterocycles. The highest BCUT2D eigenvalue weighted by molar-refractivity contribution is 5.18. The van der Waals surface area contributed by atoms with E-state index in [0.29, 0.717) is 12.5 Å². The van der Waals surface area contributed by atoms with Crippen molar-refractivity contribution in [3.63, 3.8) is 0 Å². The van der Waals surface area contributed by atoms with E-state index in [-0.39, 0.29) is 5.41 Å². The summed E-state index contributed by atoms with van der Waals surface area (Å²) < 4.78 is 0. The van der Waals surface area contributed by atoms with Crippen LogP contribution in [0.25, 0.3) is 0 Å². The topological polar surface area (TPSA) is 32.3 Å². The lowest BCUT2D eigenvalue weighted by Crippen LogP contribution is -2.39. The minimum absolute atomic E-state index is 0.161. The first-order valence-electron chi connectivity index (χ1n) is 8.12. The number of nitrogens with one attached hydrogen (secondary N) is 1. The molecule has 2 heteroatoms. The van der Waals surface area contributed by atoms with Crippen molar-refractivity contribution in [2.24, 2.45) is 5.41 Å². The molecule has 0 spiro atoms. The van der Waals surface area contributed by atoms with Crippen molar-refractivity contribution in [1.29, 1.82) is 0 Å². The molecule has 1 saturated carbocycles. The van der Waals surface area contributed by atoms with Crippen LogP contribution >= 0.6 is 0 Å². The molecule has 1 aliphatic carbocycles. The normalized spacial score (nSPS) is 19.7. The Morgan fingerprint density at radius 1 is 1.15 bits per heavy atom. The molecule has 1 fully saturated rings. The van der Waals surface area contributed by atoms with Crippen molar-refractivity contribution < 1.29 is 5.11 Å². The fourth-order valence-corrected chi connectivity index (χ4v) is 3.31. The zero-order valence-corrected chi connectivity index (χ0v) is 12.8. The molecule has 2 rings (SSSR count). The Bertz CT molecular complexity index is 370. The maximum Gasteiger partial charge on any atom is 0.0499 e. The molecule has 20 heavy (non-hydrogen) atoms. The Morgan fingerprint density at radius 3 is 2.50 bits per heavy atom. The summed E-state index contributed by atoms with van der Waals surface area (Å²) in [6.45, 7) is 4.65. The first-order valence-corrected chi connectivity index (χ1v) is 8.12. The lowest BCUT2D eigenvalue weighted by molar-refractivity contribution is 0.0814. The van der Waals surface area contributed by atoms with E-state index in [0.717, 1.165) is 19.5 Å². The van der Waals surface area contributed by atoms with Gasteiger partial charge in [0.05, 0.1) is 0 Å². The monoisotopic (exact) mass is 275 g/mol. The largest absolute Gasteiger partial charge is 0.396 e. The number of rotatable bonds is 7. The summed E-state index contributed by atoms with van der Waals surface area (Å²) in [7, 11) is 0. The van der Waals surface area contributed by atoms with Crippen LogP contribution in [0.3, 0.4) is 0 Å². The summed E-state index contributed by atoms with van der Waals surface area (Å²) in [6, 6.07) is 10.7. The van der Waals surface area contributed by atoms with E-state index < -0.39 is 0 Å². The molecule has 1 aromatic carbocycles. The van der Waals surface area contributed by atoms with Crippen LogP contribution < -0.4 is 5.32 Å². The molecule has 0 amide bonds. The van der Waals surface area contributed by atoms with E-state index in [2.05, 4.69) is 42.6 Å². The van der Waals surface area contributed by atoms with Crippen LogP contribution in [0, 0.1) is 5.41 Å². The Kier molecular flexibility index (Phi) is 6.06. The molecular formula is C18H29NO. The molecule has 0 bridgehead atoms. The van der Waals surface area contributed by atoms with Gasteiger partial charge in [-0.25, -0.2) is 0 Å². The number of aliphatic hydroxyl groups excluding tert-OH is 1. The van der Waals surface area contributed by atoms with Gasteiger partial charge in [0, 0.05) is 18.6 Å². The molecule has 1 atom stereocenters. The molecule has 1 unspecified atom stereocenters. The first-order chi connectivity index (χ1) is 9.76. The fraction of sp³-hybridized carbons (Fsp3) is 0.667. The molecule has 0 aromatic heterocycles. The lowest BCUT2D eigenvalue weighted by atomic mass is 9.74. The quantitative estimate of drug-likeness (QED) is 0.743. The standard InChI is InChI=1S/C18H29NO/c1-16(17-8-4-2-5-9-17)10-13-19-14-18(15-20)11-6-3-7-12-18/h2,4-5,8-9,16,19-20H,3,6-7,10-15H2,1H3. The summed E-state index contributed by atoms with van der Waals surface area (Å²) in [5.41, 5.74) is 1.58. The molecule has 0 heterocycles. The molecule has 2 nitrogen and oxygen atoms in total. The van der Waals surface area contributed by atoms with Crippen molar-refractivity contribution in [1.82, 2.24) is 5.32 Å². The summed E-state index contributed by atoms with van der Waals surface area (Å²) in [4.78, 5) is 0. The Hall–Kier alpha value is -0.860. The smallest absolute Gasteiger partial charge is 0.0499 e. The van der Waals surface area contributed by atoms with Crippen molar-refractivity contribution in [2.75, 3.05) is 19.7 Å². The van der Waals surface area contributed by atoms with Crippen LogP contribution in [0.4, 0.5) is 0 Å². The van der Waals surface area contributed by atoms with E-state index in [1.807, 2.05) is 0 Å². The lowest BCUT2D eigenvalue weighted by Gasteiger charge is -2.36. The second-order valence-electron chi connectivity index (χ2n) is 6.50. The number of aliphatic hydroxyl groups is 1. The van der Waals surface area contributed by atoms with Gasteiger partial charge in [0.1, 0.15) is 0 Å². The Morgan fingerprint density at radius 2 is 1.85 bits per heavy atom. The maximum absolute atomic E-state index is 9.69. The minimum atomic E-state index is 0.161. The number of hydrogen-bond donors (Lipinski definition) is 2. The highest BCUT2D eigenvalue weighted by atomic mass is 16.3. The maximum atomic E-state index is 9.69. The minimum Gasteiger partial charge on any atom is -0.396 e. The highest BCUT2D eigenvalue weighted by Crippen LogP contribution is 2.35. The predicted octanol–water partition coefficient (Wildman–Crippen LogP) is 3.71. The summed E-state index contributed by atoms with van der Waals surface area (Å²) >= 11 is 0. The third-order valence-electron chi connectivity index (χ3n) is 4.87. The molecule has 0 saturated heterocycles. The van der Waals surface area contributed by atoms with E-state index in [4.69, 9.17) is 0 Å². The van der Waals surface area contributed by atoms with Gasteiger partial charge in [0.25, 0.3) is 0 Å². The first kappa shape index (κ1) is 15.5. The molecule has 0 radical (unpaired) electrons. The molecule has 2 N–H and O–H groups in total. The Labute approximate surface area is 123 Å². The molecule has 112 valence electrons. The van der Waals surface area contributed by atoms with Gasteiger partial charge >= 0.3 is 0 Å². The van der Waals surface area contributed by atoms with Crippen LogP contribution in [0.1, 0.15) is 56.9 Å². The Balaban J connectivity index is 1.70. The average molecular weight is 275 g/mol. The van der Waals surface area contributed by atoms with Gasteiger partial charge in [-0.3, -0.25) is 0 Å². The molecule has 1 aliphatic rings. The third-order valence-corrected chi connectivity index (χ3v) is 4.87. The number of hydrogen-bond acceptors (Lipinski definition) is 2. The second kappa shape index (κ2) is 7.80. The van der Waals surface area contributed by atoms with Crippen molar-refractivity contribution in [3.05, 3.63) is 35.9 Å². The van der Waals surface area contributed by atoms with Crippen molar-refractivity contribution in [3.8, 4) is 0 Å². The fourth-order valence-electron chi connectivity index (χ4n) is 3.31. The van der Waals surface area contributed by atoms with Gasteiger partial charge in [-0.15, -0.1) is 0 Å². The van der Waals surface area contributed by atoms with Crippen LogP contribution in [0.5, 0.6) is 0 Å². The van der Waals surface area contributed by atoms with Gasteiger partial charge in [-0.05, 0) is 37.3 Å². The van der Waals surface area contributed by atoms with E-state index in [1.165, 1.54) is 37.7 Å². The van der Waals surface area contributed by atoms with Gasteiger partial charge in [-0.2, -0.15) is 0 Å². The van der Waals surface area contributed by atoms with E-state index >= 15 is 0 Å².